The second kappa shape index (κ2) is 11.8. The summed E-state index contributed by atoms with van der Waals surface area (Å²) >= 11 is 1.34. The maximum absolute atomic E-state index is 13.3. The van der Waals surface area contributed by atoms with Crippen molar-refractivity contribution in [2.24, 2.45) is 0 Å². The predicted molar refractivity (Wildman–Crippen MR) is 137 cm³/mol. The van der Waals surface area contributed by atoms with Gasteiger partial charge in [0.1, 0.15) is 11.8 Å². The molecule has 1 atom stereocenters. The zero-order valence-corrected chi connectivity index (χ0v) is 21.7. The standard InChI is InChI=1S/C26H33F3N4O3S/c1-2-3-6-22(34)25(36)33-13-9-17(10-14-33)24-31-20(16-37-24)23(35)30-19-15-18(26(27,28)29)7-8-21(19)32-11-4-5-12-32/h7-8,15-17,22,34H,2-6,9-14H2,1H3,(H,30,35). The molecule has 2 aliphatic rings. The van der Waals surface area contributed by atoms with Crippen molar-refractivity contribution >= 4 is 34.5 Å². The van der Waals surface area contributed by atoms with E-state index in [9.17, 15) is 27.9 Å². The third kappa shape index (κ3) is 6.62. The molecule has 4 rings (SSSR count). The fraction of sp³-hybridized carbons (Fsp3) is 0.577. The van der Waals surface area contributed by atoms with Crippen molar-refractivity contribution in [2.45, 2.75) is 70.1 Å². The smallest absolute Gasteiger partial charge is 0.383 e. The number of hydrogen-bond donors (Lipinski definition) is 2. The molecule has 1 aromatic carbocycles. The first-order valence-electron chi connectivity index (χ1n) is 12.9. The van der Waals surface area contributed by atoms with Crippen LogP contribution in [0.25, 0.3) is 0 Å². The number of thiazole rings is 1. The van der Waals surface area contributed by atoms with Crippen LogP contribution in [0.2, 0.25) is 0 Å². The molecule has 1 aromatic heterocycles. The summed E-state index contributed by atoms with van der Waals surface area (Å²) in [5.74, 6) is -0.702. The lowest BCUT2D eigenvalue weighted by molar-refractivity contribution is -0.141. The molecule has 202 valence electrons. The molecule has 2 saturated heterocycles. The van der Waals surface area contributed by atoms with Gasteiger partial charge < -0.3 is 20.2 Å². The highest BCUT2D eigenvalue weighted by Gasteiger charge is 2.33. The number of nitrogens with zero attached hydrogens (tertiary/aromatic N) is 3. The van der Waals surface area contributed by atoms with Gasteiger partial charge in [-0.15, -0.1) is 11.3 Å². The van der Waals surface area contributed by atoms with Crippen LogP contribution in [0.1, 0.15) is 78.8 Å². The molecular formula is C26H33F3N4O3S. The molecule has 2 N–H and O–H groups in total. The summed E-state index contributed by atoms with van der Waals surface area (Å²) in [4.78, 5) is 33.6. The highest BCUT2D eigenvalue weighted by molar-refractivity contribution is 7.10. The molecule has 0 spiro atoms. The fourth-order valence-electron chi connectivity index (χ4n) is 4.89. The molecule has 0 bridgehead atoms. The molecule has 11 heteroatoms. The van der Waals surface area contributed by atoms with Crippen LogP contribution in [0.4, 0.5) is 24.5 Å². The highest BCUT2D eigenvalue weighted by atomic mass is 32.1. The molecule has 2 amide bonds. The predicted octanol–water partition coefficient (Wildman–Crippen LogP) is 5.27. The number of rotatable bonds is 8. The van der Waals surface area contributed by atoms with Gasteiger partial charge in [0.15, 0.2) is 0 Å². The van der Waals surface area contributed by atoms with Crippen molar-refractivity contribution in [3.05, 3.63) is 39.8 Å². The van der Waals surface area contributed by atoms with E-state index in [1.165, 1.54) is 17.4 Å². The summed E-state index contributed by atoms with van der Waals surface area (Å²) in [6.45, 7) is 4.49. The topological polar surface area (TPSA) is 85.8 Å². The molecule has 37 heavy (non-hydrogen) atoms. The Labute approximate surface area is 218 Å². The van der Waals surface area contributed by atoms with Gasteiger partial charge in [0.05, 0.1) is 21.9 Å². The van der Waals surface area contributed by atoms with Crippen LogP contribution in [0.15, 0.2) is 23.6 Å². The number of carbonyl (C=O) groups excluding carboxylic acids is 2. The van der Waals surface area contributed by atoms with Crippen LogP contribution in [0, 0.1) is 0 Å². The summed E-state index contributed by atoms with van der Waals surface area (Å²) in [6.07, 6.45) is -0.0514. The molecule has 1 unspecified atom stereocenters. The Morgan fingerprint density at radius 2 is 1.89 bits per heavy atom. The molecule has 2 aromatic rings. The van der Waals surface area contributed by atoms with E-state index in [0.29, 0.717) is 38.0 Å². The molecule has 2 aliphatic heterocycles. The maximum Gasteiger partial charge on any atom is 0.416 e. The van der Waals surface area contributed by atoms with Crippen LogP contribution >= 0.6 is 11.3 Å². The van der Waals surface area contributed by atoms with E-state index in [4.69, 9.17) is 0 Å². The molecule has 2 fully saturated rings. The summed E-state index contributed by atoms with van der Waals surface area (Å²) in [7, 11) is 0. The second-order valence-electron chi connectivity index (χ2n) is 9.71. The van der Waals surface area contributed by atoms with E-state index < -0.39 is 23.8 Å². The number of piperidine rings is 1. The van der Waals surface area contributed by atoms with Crippen LogP contribution in [-0.2, 0) is 11.0 Å². The first-order valence-corrected chi connectivity index (χ1v) is 13.7. The van der Waals surface area contributed by atoms with Crippen molar-refractivity contribution in [1.82, 2.24) is 9.88 Å². The highest BCUT2D eigenvalue weighted by Crippen LogP contribution is 2.37. The molecule has 0 radical (unpaired) electrons. The van der Waals surface area contributed by atoms with Gasteiger partial charge in [0, 0.05) is 37.5 Å². The summed E-state index contributed by atoms with van der Waals surface area (Å²) < 4.78 is 40.0. The Balaban J connectivity index is 1.41. The Hall–Kier alpha value is -2.66. The lowest BCUT2D eigenvalue weighted by Crippen LogP contribution is -2.43. The number of hydrogen-bond acceptors (Lipinski definition) is 6. The summed E-state index contributed by atoms with van der Waals surface area (Å²) in [5.41, 5.74) is 0.0568. The third-order valence-electron chi connectivity index (χ3n) is 7.05. The van der Waals surface area contributed by atoms with Crippen LogP contribution in [-0.4, -0.2) is 59.1 Å². The monoisotopic (exact) mass is 538 g/mol. The van der Waals surface area contributed by atoms with Gasteiger partial charge in [-0.05, 0) is 50.3 Å². The normalized spacial score (nSPS) is 17.8. The minimum absolute atomic E-state index is 0.0807. The van der Waals surface area contributed by atoms with Gasteiger partial charge in [-0.3, -0.25) is 9.59 Å². The fourth-order valence-corrected chi connectivity index (χ4v) is 5.86. The molecular weight excluding hydrogens is 505 g/mol. The number of aliphatic hydroxyl groups excluding tert-OH is 1. The van der Waals surface area contributed by atoms with Crippen molar-refractivity contribution in [1.29, 1.82) is 0 Å². The van der Waals surface area contributed by atoms with Gasteiger partial charge >= 0.3 is 6.18 Å². The van der Waals surface area contributed by atoms with E-state index in [2.05, 4.69) is 10.3 Å². The minimum Gasteiger partial charge on any atom is -0.383 e. The van der Waals surface area contributed by atoms with E-state index in [1.54, 1.807) is 10.3 Å². The molecule has 3 heterocycles. The Morgan fingerprint density at radius 3 is 2.54 bits per heavy atom. The first-order chi connectivity index (χ1) is 17.7. The number of alkyl halides is 3. The van der Waals surface area contributed by atoms with Crippen LogP contribution in [0.3, 0.4) is 0 Å². The van der Waals surface area contributed by atoms with Crippen LogP contribution in [0.5, 0.6) is 0 Å². The van der Waals surface area contributed by atoms with Crippen molar-refractivity contribution in [3.63, 3.8) is 0 Å². The zero-order chi connectivity index (χ0) is 26.6. The molecule has 0 aliphatic carbocycles. The number of likely N-dealkylation sites (tertiary alicyclic amines) is 1. The minimum atomic E-state index is -4.51. The molecule has 0 saturated carbocycles. The third-order valence-corrected chi connectivity index (χ3v) is 8.05. The number of unbranched alkanes of at least 4 members (excludes halogenated alkanes) is 1. The maximum atomic E-state index is 13.3. The Bertz CT molecular complexity index is 1090. The average Bonchev–Trinajstić information content (AvgIpc) is 3.59. The Kier molecular flexibility index (Phi) is 8.74. The van der Waals surface area contributed by atoms with Gasteiger partial charge in [0.2, 0.25) is 0 Å². The van der Waals surface area contributed by atoms with Gasteiger partial charge in [-0.2, -0.15) is 13.2 Å². The number of halogens is 3. The number of benzene rings is 1. The lowest BCUT2D eigenvalue weighted by Gasteiger charge is -2.32. The first kappa shape index (κ1) is 27.4. The number of nitrogens with one attached hydrogen (secondary N) is 1. The van der Waals surface area contributed by atoms with Gasteiger partial charge in [-0.25, -0.2) is 4.98 Å². The van der Waals surface area contributed by atoms with E-state index in [1.807, 2.05) is 11.8 Å². The SMILES string of the molecule is CCCCC(O)C(=O)N1CCC(c2nc(C(=O)Nc3cc(C(F)(F)F)ccc3N3CCCC3)cs2)CC1. The Morgan fingerprint density at radius 1 is 1.19 bits per heavy atom. The quantitative estimate of drug-likeness (QED) is 0.478. The van der Waals surface area contributed by atoms with E-state index >= 15 is 0 Å². The number of aromatic nitrogens is 1. The number of carbonyl (C=O) groups is 2. The second-order valence-corrected chi connectivity index (χ2v) is 10.6. The zero-order valence-electron chi connectivity index (χ0n) is 20.9. The average molecular weight is 539 g/mol. The van der Waals surface area contributed by atoms with Gasteiger partial charge in [-0.1, -0.05) is 19.8 Å². The summed E-state index contributed by atoms with van der Waals surface area (Å²) in [5, 5.41) is 15.2. The van der Waals surface area contributed by atoms with Crippen molar-refractivity contribution in [2.75, 3.05) is 36.4 Å². The number of aliphatic hydroxyl groups is 1. The van der Waals surface area contributed by atoms with Gasteiger partial charge in [0.25, 0.3) is 11.8 Å². The van der Waals surface area contributed by atoms with E-state index in [0.717, 1.165) is 55.9 Å². The number of anilines is 2. The summed E-state index contributed by atoms with van der Waals surface area (Å²) in [6, 6.07) is 3.45. The molecule has 7 nitrogen and oxygen atoms in total. The van der Waals surface area contributed by atoms with E-state index in [-0.39, 0.29) is 23.2 Å². The van der Waals surface area contributed by atoms with Crippen molar-refractivity contribution in [3.8, 4) is 0 Å². The lowest BCUT2D eigenvalue weighted by atomic mass is 9.97. The largest absolute Gasteiger partial charge is 0.416 e. The van der Waals surface area contributed by atoms with Crippen LogP contribution < -0.4 is 10.2 Å². The van der Waals surface area contributed by atoms with Crippen molar-refractivity contribution < 1.29 is 27.9 Å². The number of amides is 2.